The second-order valence-electron chi connectivity index (χ2n) is 7.19. The lowest BCUT2D eigenvalue weighted by atomic mass is 10.1. The highest BCUT2D eigenvalue weighted by Gasteiger charge is 2.14. The molecule has 0 fully saturated rings. The zero-order valence-electron chi connectivity index (χ0n) is 16.7. The van der Waals surface area contributed by atoms with Crippen LogP contribution >= 0.6 is 0 Å². The molecule has 0 bridgehead atoms. The van der Waals surface area contributed by atoms with E-state index in [1.165, 1.54) is 28.8 Å². The van der Waals surface area contributed by atoms with Gasteiger partial charge in [-0.3, -0.25) is 19.1 Å². The van der Waals surface area contributed by atoms with Crippen molar-refractivity contribution >= 4 is 16.9 Å². The largest absolute Gasteiger partial charge is 0.481 e. The van der Waals surface area contributed by atoms with E-state index in [9.17, 15) is 14.0 Å². The van der Waals surface area contributed by atoms with Gasteiger partial charge in [-0.15, -0.1) is 0 Å². The Morgan fingerprint density at radius 3 is 2.55 bits per heavy atom. The Hall–Kier alpha value is -3.87. The molecule has 4 aromatic rings. The van der Waals surface area contributed by atoms with Crippen LogP contribution in [0.25, 0.3) is 27.8 Å². The van der Waals surface area contributed by atoms with Crippen molar-refractivity contribution in [1.29, 1.82) is 0 Å². The van der Waals surface area contributed by atoms with Gasteiger partial charge in [0, 0.05) is 24.6 Å². The number of aliphatic carboxylic acids is 1. The number of benzene rings is 2. The van der Waals surface area contributed by atoms with Crippen LogP contribution in [0, 0.1) is 5.82 Å². The van der Waals surface area contributed by atoms with Gasteiger partial charge in [0.25, 0.3) is 5.56 Å². The van der Waals surface area contributed by atoms with Crippen LogP contribution in [-0.2, 0) is 11.2 Å². The Balaban J connectivity index is 1.82. The average Bonchev–Trinajstić information content (AvgIpc) is 2.78. The first kappa shape index (κ1) is 20.4. The molecule has 7 heteroatoms. The zero-order valence-corrected chi connectivity index (χ0v) is 16.7. The molecular formula is C24H20FN3O3. The predicted molar refractivity (Wildman–Crippen MR) is 116 cm³/mol. The molecule has 0 saturated heterocycles. The minimum atomic E-state index is -0.859. The quantitative estimate of drug-likeness (QED) is 0.451. The molecule has 31 heavy (non-hydrogen) atoms. The number of pyridine rings is 1. The molecule has 0 aliphatic carbocycles. The number of nitrogens with zero attached hydrogens (tertiary/aromatic N) is 3. The number of hydrogen-bond donors (Lipinski definition) is 1. The van der Waals surface area contributed by atoms with Gasteiger partial charge in [0.1, 0.15) is 11.6 Å². The maximum atomic E-state index is 13.4. The van der Waals surface area contributed by atoms with Crippen molar-refractivity contribution in [2.75, 3.05) is 0 Å². The van der Waals surface area contributed by atoms with Gasteiger partial charge in [-0.05, 0) is 61.4 Å². The van der Waals surface area contributed by atoms with Crippen LogP contribution in [0.5, 0.6) is 0 Å². The van der Waals surface area contributed by atoms with Crippen molar-refractivity contribution in [2.45, 2.75) is 25.7 Å². The van der Waals surface area contributed by atoms with E-state index >= 15 is 0 Å². The summed E-state index contributed by atoms with van der Waals surface area (Å²) in [5.41, 5.74) is 2.42. The Morgan fingerprint density at radius 1 is 1.03 bits per heavy atom. The summed E-state index contributed by atoms with van der Waals surface area (Å²) in [5, 5.41) is 9.32. The van der Waals surface area contributed by atoms with Crippen LogP contribution in [-0.4, -0.2) is 25.6 Å². The number of unbranched alkanes of at least 4 members (excludes halogenated alkanes) is 1. The van der Waals surface area contributed by atoms with E-state index in [0.29, 0.717) is 41.7 Å². The van der Waals surface area contributed by atoms with Crippen molar-refractivity contribution in [1.82, 2.24) is 14.5 Å². The maximum Gasteiger partial charge on any atom is 0.303 e. The van der Waals surface area contributed by atoms with Gasteiger partial charge in [-0.2, -0.15) is 0 Å². The molecule has 0 aliphatic rings. The molecular weight excluding hydrogens is 397 g/mol. The second kappa shape index (κ2) is 8.87. The number of fused-ring (bicyclic) bond motifs is 1. The third-order valence-corrected chi connectivity index (χ3v) is 5.03. The monoisotopic (exact) mass is 417 g/mol. The first-order chi connectivity index (χ1) is 15.0. The number of aromatic nitrogens is 3. The molecule has 0 aliphatic heterocycles. The van der Waals surface area contributed by atoms with E-state index < -0.39 is 11.8 Å². The second-order valence-corrected chi connectivity index (χ2v) is 7.19. The molecule has 0 unspecified atom stereocenters. The van der Waals surface area contributed by atoms with E-state index in [0.717, 1.165) is 11.3 Å². The number of rotatable bonds is 7. The van der Waals surface area contributed by atoms with Crippen LogP contribution in [0.15, 0.2) is 71.7 Å². The first-order valence-corrected chi connectivity index (χ1v) is 9.98. The van der Waals surface area contributed by atoms with Gasteiger partial charge < -0.3 is 5.11 Å². The summed E-state index contributed by atoms with van der Waals surface area (Å²) in [4.78, 5) is 33.2. The third-order valence-electron chi connectivity index (χ3n) is 5.03. The van der Waals surface area contributed by atoms with Crippen molar-refractivity contribution in [3.05, 3.63) is 88.9 Å². The molecule has 2 heterocycles. The Kier molecular flexibility index (Phi) is 5.84. The molecule has 4 rings (SSSR count). The van der Waals surface area contributed by atoms with Gasteiger partial charge >= 0.3 is 5.97 Å². The summed E-state index contributed by atoms with van der Waals surface area (Å²) >= 11 is 0. The normalized spacial score (nSPS) is 11.0. The highest BCUT2D eigenvalue weighted by molar-refractivity contribution is 5.83. The van der Waals surface area contributed by atoms with E-state index in [4.69, 9.17) is 10.1 Å². The number of hydrogen-bond acceptors (Lipinski definition) is 4. The lowest BCUT2D eigenvalue weighted by Gasteiger charge is -2.14. The lowest BCUT2D eigenvalue weighted by molar-refractivity contribution is -0.137. The van der Waals surface area contributed by atoms with Gasteiger partial charge in [0.05, 0.1) is 22.3 Å². The summed E-state index contributed by atoms with van der Waals surface area (Å²) in [6.45, 7) is 0. The van der Waals surface area contributed by atoms with Gasteiger partial charge in [0.2, 0.25) is 0 Å². The molecule has 0 atom stereocenters. The fourth-order valence-corrected chi connectivity index (χ4v) is 3.51. The highest BCUT2D eigenvalue weighted by Crippen LogP contribution is 2.22. The maximum absolute atomic E-state index is 13.4. The standard InChI is InChI=1S/C24H20FN3O3/c25-17-9-11-18(12-10-17)28-22(6-1-2-7-23(29)30)27-21-15-16(8-13-19(21)24(28)31)20-5-3-4-14-26-20/h3-5,8-15H,1-2,6-7H2,(H,29,30). The van der Waals surface area contributed by atoms with E-state index in [1.807, 2.05) is 30.3 Å². The SMILES string of the molecule is O=C(O)CCCCc1nc2cc(-c3ccccn3)ccc2c(=O)n1-c1ccc(F)cc1. The number of carboxylic acids is 1. The average molecular weight is 417 g/mol. The smallest absolute Gasteiger partial charge is 0.303 e. The molecule has 6 nitrogen and oxygen atoms in total. The molecule has 0 saturated carbocycles. The fourth-order valence-electron chi connectivity index (χ4n) is 3.51. The number of halogens is 1. The summed E-state index contributed by atoms with van der Waals surface area (Å²) in [5.74, 6) is -0.747. The molecule has 1 N–H and O–H groups in total. The number of aryl methyl sites for hydroxylation is 1. The lowest BCUT2D eigenvalue weighted by Crippen LogP contribution is -2.24. The summed E-state index contributed by atoms with van der Waals surface area (Å²) in [6.07, 6.45) is 3.21. The predicted octanol–water partition coefficient (Wildman–Crippen LogP) is 4.38. The summed E-state index contributed by atoms with van der Waals surface area (Å²) in [6, 6.07) is 16.6. The highest BCUT2D eigenvalue weighted by atomic mass is 19.1. The van der Waals surface area contributed by atoms with Crippen molar-refractivity contribution in [2.24, 2.45) is 0 Å². The molecule has 2 aromatic carbocycles. The summed E-state index contributed by atoms with van der Waals surface area (Å²) < 4.78 is 14.9. The van der Waals surface area contributed by atoms with E-state index in [2.05, 4.69) is 4.98 Å². The van der Waals surface area contributed by atoms with Gasteiger partial charge in [0.15, 0.2) is 0 Å². The van der Waals surface area contributed by atoms with Crippen LogP contribution in [0.2, 0.25) is 0 Å². The Morgan fingerprint density at radius 2 is 1.84 bits per heavy atom. The van der Waals surface area contributed by atoms with Crippen LogP contribution in [0.3, 0.4) is 0 Å². The third kappa shape index (κ3) is 4.50. The van der Waals surface area contributed by atoms with Crippen molar-refractivity contribution in [3.8, 4) is 16.9 Å². The molecule has 156 valence electrons. The van der Waals surface area contributed by atoms with Crippen LogP contribution in [0.4, 0.5) is 4.39 Å². The summed E-state index contributed by atoms with van der Waals surface area (Å²) in [7, 11) is 0. The molecule has 0 spiro atoms. The van der Waals surface area contributed by atoms with Crippen LogP contribution < -0.4 is 5.56 Å². The minimum Gasteiger partial charge on any atom is -0.481 e. The van der Waals surface area contributed by atoms with E-state index in [-0.39, 0.29) is 12.0 Å². The molecule has 2 aromatic heterocycles. The van der Waals surface area contributed by atoms with Gasteiger partial charge in [-0.25, -0.2) is 9.37 Å². The number of carboxylic acid groups (broad SMARTS) is 1. The zero-order chi connectivity index (χ0) is 21.8. The van der Waals surface area contributed by atoms with Crippen molar-refractivity contribution in [3.63, 3.8) is 0 Å². The minimum absolute atomic E-state index is 0.0538. The van der Waals surface area contributed by atoms with E-state index in [1.54, 1.807) is 12.3 Å². The van der Waals surface area contributed by atoms with Crippen LogP contribution in [0.1, 0.15) is 25.1 Å². The molecule has 0 amide bonds. The molecule has 0 radical (unpaired) electrons. The number of carbonyl (C=O) groups is 1. The van der Waals surface area contributed by atoms with Crippen molar-refractivity contribution < 1.29 is 14.3 Å². The first-order valence-electron chi connectivity index (χ1n) is 9.98. The Labute approximate surface area is 177 Å². The Bertz CT molecular complexity index is 1290. The van der Waals surface area contributed by atoms with Gasteiger partial charge in [-0.1, -0.05) is 12.1 Å². The topological polar surface area (TPSA) is 85.1 Å². The fraction of sp³-hybridized carbons (Fsp3) is 0.167.